The largest absolute Gasteiger partial charge is 0.299 e. The SMILES string of the molecule is CCCCCCCCCCCCC(C(C)=O)C(=O)c1cccc(C)c1. The summed E-state index contributed by atoms with van der Waals surface area (Å²) in [5, 5.41) is 0. The summed E-state index contributed by atoms with van der Waals surface area (Å²) in [6, 6.07) is 7.57. The van der Waals surface area contributed by atoms with Gasteiger partial charge in [0.05, 0.1) is 5.92 Å². The molecule has 0 radical (unpaired) electrons. The van der Waals surface area contributed by atoms with Crippen LogP contribution in [0.2, 0.25) is 0 Å². The van der Waals surface area contributed by atoms with E-state index >= 15 is 0 Å². The topological polar surface area (TPSA) is 34.1 Å². The highest BCUT2D eigenvalue weighted by Gasteiger charge is 2.23. The van der Waals surface area contributed by atoms with E-state index in [-0.39, 0.29) is 11.6 Å². The van der Waals surface area contributed by atoms with Crippen molar-refractivity contribution in [1.82, 2.24) is 0 Å². The lowest BCUT2D eigenvalue weighted by Gasteiger charge is -2.13. The lowest BCUT2D eigenvalue weighted by Crippen LogP contribution is -2.22. The summed E-state index contributed by atoms with van der Waals surface area (Å²) in [5.41, 5.74) is 1.74. The van der Waals surface area contributed by atoms with E-state index in [9.17, 15) is 9.59 Å². The summed E-state index contributed by atoms with van der Waals surface area (Å²) in [7, 11) is 0. The molecule has 0 spiro atoms. The molecule has 0 heterocycles. The van der Waals surface area contributed by atoms with Gasteiger partial charge in [-0.25, -0.2) is 0 Å². The van der Waals surface area contributed by atoms with Gasteiger partial charge < -0.3 is 0 Å². The van der Waals surface area contributed by atoms with Gasteiger partial charge in [0.25, 0.3) is 0 Å². The molecule has 0 N–H and O–H groups in total. The fourth-order valence-corrected chi connectivity index (χ4v) is 3.35. The van der Waals surface area contributed by atoms with Crippen LogP contribution in [-0.4, -0.2) is 11.6 Å². The monoisotopic (exact) mass is 344 g/mol. The predicted molar refractivity (Wildman–Crippen MR) is 106 cm³/mol. The highest BCUT2D eigenvalue weighted by Crippen LogP contribution is 2.19. The van der Waals surface area contributed by atoms with Crippen molar-refractivity contribution in [2.24, 2.45) is 5.92 Å². The third-order valence-corrected chi connectivity index (χ3v) is 4.96. The molecule has 1 aromatic rings. The molecule has 25 heavy (non-hydrogen) atoms. The van der Waals surface area contributed by atoms with Gasteiger partial charge in [0.2, 0.25) is 0 Å². The molecule has 2 heteroatoms. The van der Waals surface area contributed by atoms with E-state index in [1.807, 2.05) is 31.2 Å². The minimum atomic E-state index is -0.462. The van der Waals surface area contributed by atoms with Crippen molar-refractivity contribution in [1.29, 1.82) is 0 Å². The fourth-order valence-electron chi connectivity index (χ4n) is 3.35. The highest BCUT2D eigenvalue weighted by molar-refractivity contribution is 6.10. The van der Waals surface area contributed by atoms with Gasteiger partial charge in [0.1, 0.15) is 5.78 Å². The van der Waals surface area contributed by atoms with Crippen LogP contribution in [0, 0.1) is 12.8 Å². The molecule has 1 atom stereocenters. The zero-order chi connectivity index (χ0) is 18.5. The van der Waals surface area contributed by atoms with Crippen molar-refractivity contribution in [3.8, 4) is 0 Å². The van der Waals surface area contributed by atoms with E-state index in [1.165, 1.54) is 51.4 Å². The Morgan fingerprint density at radius 1 is 0.880 bits per heavy atom. The molecule has 1 rings (SSSR count). The Hall–Kier alpha value is -1.44. The fraction of sp³-hybridized carbons (Fsp3) is 0.652. The molecule has 0 amide bonds. The van der Waals surface area contributed by atoms with Gasteiger partial charge in [0, 0.05) is 5.56 Å². The lowest BCUT2D eigenvalue weighted by atomic mass is 9.89. The van der Waals surface area contributed by atoms with Gasteiger partial charge in [-0.2, -0.15) is 0 Å². The molecule has 1 unspecified atom stereocenters. The van der Waals surface area contributed by atoms with Crippen LogP contribution >= 0.6 is 0 Å². The Morgan fingerprint density at radius 2 is 1.44 bits per heavy atom. The van der Waals surface area contributed by atoms with E-state index < -0.39 is 5.92 Å². The second-order valence-corrected chi connectivity index (χ2v) is 7.37. The summed E-state index contributed by atoms with van der Waals surface area (Å²) in [5.74, 6) is -0.467. The van der Waals surface area contributed by atoms with Crippen molar-refractivity contribution in [2.45, 2.75) is 91.4 Å². The maximum atomic E-state index is 12.6. The van der Waals surface area contributed by atoms with E-state index in [1.54, 1.807) is 6.92 Å². The van der Waals surface area contributed by atoms with Crippen molar-refractivity contribution in [3.63, 3.8) is 0 Å². The Balaban J connectivity index is 2.26. The van der Waals surface area contributed by atoms with Gasteiger partial charge >= 0.3 is 0 Å². The molecule has 1 aromatic carbocycles. The van der Waals surface area contributed by atoms with Crippen LogP contribution in [0.1, 0.15) is 100 Å². The van der Waals surface area contributed by atoms with Gasteiger partial charge in [-0.05, 0) is 26.3 Å². The first-order valence-electron chi connectivity index (χ1n) is 10.2. The molecule has 0 aliphatic heterocycles. The zero-order valence-electron chi connectivity index (χ0n) is 16.5. The Labute approximate surface area is 154 Å². The smallest absolute Gasteiger partial charge is 0.173 e. The second kappa shape index (κ2) is 12.9. The third-order valence-electron chi connectivity index (χ3n) is 4.96. The first kappa shape index (κ1) is 21.6. The second-order valence-electron chi connectivity index (χ2n) is 7.37. The van der Waals surface area contributed by atoms with Crippen LogP contribution in [0.5, 0.6) is 0 Å². The summed E-state index contributed by atoms with van der Waals surface area (Å²) < 4.78 is 0. The first-order valence-corrected chi connectivity index (χ1v) is 10.2. The summed E-state index contributed by atoms with van der Waals surface area (Å²) in [6.07, 6.45) is 13.4. The number of carbonyl (C=O) groups is 2. The molecular weight excluding hydrogens is 308 g/mol. The van der Waals surface area contributed by atoms with Crippen LogP contribution in [0.3, 0.4) is 0 Å². The number of hydrogen-bond acceptors (Lipinski definition) is 2. The average molecular weight is 345 g/mol. The minimum absolute atomic E-state index is 0.00225. The van der Waals surface area contributed by atoms with Gasteiger partial charge in [-0.3, -0.25) is 9.59 Å². The molecule has 0 bridgehead atoms. The third kappa shape index (κ3) is 9.00. The lowest BCUT2D eigenvalue weighted by molar-refractivity contribution is -0.119. The van der Waals surface area contributed by atoms with Gasteiger partial charge in [-0.15, -0.1) is 0 Å². The van der Waals surface area contributed by atoms with E-state index in [0.29, 0.717) is 12.0 Å². The number of aryl methyl sites for hydroxylation is 1. The normalized spacial score (nSPS) is 12.1. The predicted octanol–water partition coefficient (Wildman–Crippen LogP) is 6.69. The zero-order valence-corrected chi connectivity index (χ0v) is 16.5. The number of benzene rings is 1. The first-order chi connectivity index (χ1) is 12.1. The van der Waals surface area contributed by atoms with Gasteiger partial charge in [-0.1, -0.05) is 94.9 Å². The van der Waals surface area contributed by atoms with Crippen molar-refractivity contribution in [2.75, 3.05) is 0 Å². The van der Waals surface area contributed by atoms with Crippen LogP contribution in [-0.2, 0) is 4.79 Å². The summed E-state index contributed by atoms with van der Waals surface area (Å²) in [4.78, 5) is 24.5. The maximum Gasteiger partial charge on any atom is 0.173 e. The number of ketones is 2. The van der Waals surface area contributed by atoms with E-state index in [0.717, 1.165) is 18.4 Å². The number of unbranched alkanes of at least 4 members (excludes halogenated alkanes) is 9. The number of carbonyl (C=O) groups excluding carboxylic acids is 2. The van der Waals surface area contributed by atoms with Crippen molar-refractivity contribution >= 4 is 11.6 Å². The molecular formula is C23H36O2. The van der Waals surface area contributed by atoms with E-state index in [4.69, 9.17) is 0 Å². The molecule has 0 fully saturated rings. The number of Topliss-reactive ketones (excluding diaryl/α,β-unsaturated/α-hetero) is 2. The van der Waals surface area contributed by atoms with Crippen LogP contribution < -0.4 is 0 Å². The highest BCUT2D eigenvalue weighted by atomic mass is 16.1. The Kier molecular flexibility index (Phi) is 11.1. The number of hydrogen-bond donors (Lipinski definition) is 0. The molecule has 0 saturated carbocycles. The molecule has 0 aromatic heterocycles. The summed E-state index contributed by atoms with van der Waals surface area (Å²) in [6.45, 7) is 5.77. The number of rotatable bonds is 14. The van der Waals surface area contributed by atoms with Crippen LogP contribution in [0.4, 0.5) is 0 Å². The standard InChI is InChI=1S/C23H36O2/c1-4-5-6-7-8-9-10-11-12-13-17-22(20(3)24)23(25)21-16-14-15-19(2)18-21/h14-16,18,22H,4-13,17H2,1-3H3. The van der Waals surface area contributed by atoms with Crippen molar-refractivity contribution < 1.29 is 9.59 Å². The minimum Gasteiger partial charge on any atom is -0.299 e. The molecule has 0 aliphatic carbocycles. The Bertz CT molecular complexity index is 519. The molecule has 2 nitrogen and oxygen atoms in total. The summed E-state index contributed by atoms with van der Waals surface area (Å²) >= 11 is 0. The average Bonchev–Trinajstić information content (AvgIpc) is 2.59. The molecule has 0 saturated heterocycles. The molecule has 0 aliphatic rings. The Morgan fingerprint density at radius 3 is 1.96 bits per heavy atom. The maximum absolute atomic E-state index is 12.6. The van der Waals surface area contributed by atoms with Crippen molar-refractivity contribution in [3.05, 3.63) is 35.4 Å². The molecule has 140 valence electrons. The van der Waals surface area contributed by atoms with Gasteiger partial charge in [0.15, 0.2) is 5.78 Å². The van der Waals surface area contributed by atoms with Crippen LogP contribution in [0.15, 0.2) is 24.3 Å². The van der Waals surface area contributed by atoms with Crippen LogP contribution in [0.25, 0.3) is 0 Å². The van der Waals surface area contributed by atoms with E-state index in [2.05, 4.69) is 6.92 Å². The quantitative estimate of drug-likeness (QED) is 0.214.